The molecule has 0 aliphatic carbocycles. The molecular formula is C18H20N2O4S. The molecule has 0 fully saturated rings. The second-order valence-electron chi connectivity index (χ2n) is 5.41. The van der Waals surface area contributed by atoms with Gasteiger partial charge in [0.25, 0.3) is 5.91 Å². The molecule has 0 saturated heterocycles. The Hall–Kier alpha value is -2.67. The molecule has 0 radical (unpaired) electrons. The summed E-state index contributed by atoms with van der Waals surface area (Å²) in [6, 6.07) is 9.02. The molecule has 1 heterocycles. The van der Waals surface area contributed by atoms with Crippen molar-refractivity contribution in [3.05, 3.63) is 46.2 Å². The van der Waals surface area contributed by atoms with Crippen molar-refractivity contribution in [3.63, 3.8) is 0 Å². The monoisotopic (exact) mass is 360 g/mol. The van der Waals surface area contributed by atoms with Gasteiger partial charge in [-0.3, -0.25) is 10.1 Å². The molecule has 6 nitrogen and oxygen atoms in total. The van der Waals surface area contributed by atoms with Crippen LogP contribution in [0.3, 0.4) is 0 Å². The molecule has 2 rings (SSSR count). The van der Waals surface area contributed by atoms with Crippen LogP contribution in [0.2, 0.25) is 0 Å². The lowest BCUT2D eigenvalue weighted by molar-refractivity contribution is -0.123. The molecule has 0 unspecified atom stereocenters. The number of esters is 1. The first-order valence-corrected chi connectivity index (χ1v) is 8.78. The van der Waals surface area contributed by atoms with Gasteiger partial charge in [0.2, 0.25) is 0 Å². The van der Waals surface area contributed by atoms with E-state index in [-0.39, 0.29) is 0 Å². The van der Waals surface area contributed by atoms with Crippen molar-refractivity contribution in [3.8, 4) is 11.1 Å². The van der Waals surface area contributed by atoms with Gasteiger partial charge in [-0.2, -0.15) is 0 Å². The van der Waals surface area contributed by atoms with Gasteiger partial charge in [0.15, 0.2) is 6.61 Å². The average molecular weight is 360 g/mol. The third kappa shape index (κ3) is 5.42. The van der Waals surface area contributed by atoms with Gasteiger partial charge in [0, 0.05) is 12.1 Å². The van der Waals surface area contributed by atoms with Gasteiger partial charge in [-0.05, 0) is 30.4 Å². The van der Waals surface area contributed by atoms with Crippen molar-refractivity contribution in [1.82, 2.24) is 10.6 Å². The van der Waals surface area contributed by atoms with Crippen LogP contribution in [-0.2, 0) is 9.53 Å². The highest BCUT2D eigenvalue weighted by Crippen LogP contribution is 2.29. The van der Waals surface area contributed by atoms with E-state index in [1.807, 2.05) is 44.2 Å². The number of amides is 3. The first-order chi connectivity index (χ1) is 12.0. The summed E-state index contributed by atoms with van der Waals surface area (Å²) in [6.07, 6.45) is 0.761. The Balaban J connectivity index is 1.94. The summed E-state index contributed by atoms with van der Waals surface area (Å²) in [5.74, 6) is -1.26. The van der Waals surface area contributed by atoms with Gasteiger partial charge in [0.1, 0.15) is 4.88 Å². The maximum Gasteiger partial charge on any atom is 0.349 e. The quantitative estimate of drug-likeness (QED) is 0.775. The molecule has 0 atom stereocenters. The van der Waals surface area contributed by atoms with E-state index in [1.165, 1.54) is 11.3 Å². The average Bonchev–Trinajstić information content (AvgIpc) is 3.08. The van der Waals surface area contributed by atoms with Crippen LogP contribution in [0.15, 0.2) is 35.7 Å². The minimum atomic E-state index is -0.671. The highest BCUT2D eigenvalue weighted by Gasteiger charge is 2.18. The van der Waals surface area contributed by atoms with E-state index in [2.05, 4.69) is 10.6 Å². The molecule has 0 spiro atoms. The SMILES string of the molecule is CCCNC(=O)NC(=O)COC(=O)c1sccc1-c1ccc(C)cc1. The Morgan fingerprint density at radius 1 is 1.12 bits per heavy atom. The van der Waals surface area contributed by atoms with Crippen LogP contribution in [0.5, 0.6) is 0 Å². The van der Waals surface area contributed by atoms with E-state index < -0.39 is 24.5 Å². The van der Waals surface area contributed by atoms with Crippen molar-refractivity contribution < 1.29 is 19.1 Å². The van der Waals surface area contributed by atoms with E-state index in [0.29, 0.717) is 11.4 Å². The maximum absolute atomic E-state index is 12.2. The first kappa shape index (κ1) is 18.7. The zero-order valence-electron chi connectivity index (χ0n) is 14.1. The molecule has 1 aromatic heterocycles. The lowest BCUT2D eigenvalue weighted by atomic mass is 10.1. The molecule has 2 aromatic rings. The second-order valence-corrected chi connectivity index (χ2v) is 6.33. The van der Waals surface area contributed by atoms with E-state index in [0.717, 1.165) is 23.1 Å². The molecular weight excluding hydrogens is 340 g/mol. The number of carbonyl (C=O) groups is 3. The van der Waals surface area contributed by atoms with Gasteiger partial charge < -0.3 is 10.1 Å². The summed E-state index contributed by atoms with van der Waals surface area (Å²) in [5, 5.41) is 6.41. The van der Waals surface area contributed by atoms with Crippen molar-refractivity contribution in [2.24, 2.45) is 0 Å². The molecule has 0 aliphatic heterocycles. The highest BCUT2D eigenvalue weighted by atomic mass is 32.1. The number of ether oxygens (including phenoxy) is 1. The van der Waals surface area contributed by atoms with Crippen molar-refractivity contribution in [2.75, 3.05) is 13.2 Å². The van der Waals surface area contributed by atoms with Crippen LogP contribution >= 0.6 is 11.3 Å². The smallest absolute Gasteiger partial charge is 0.349 e. The standard InChI is InChI=1S/C18H20N2O4S/c1-3-9-19-18(23)20-15(21)11-24-17(22)16-14(8-10-25-16)13-6-4-12(2)5-7-13/h4-8,10H,3,9,11H2,1-2H3,(H2,19,20,21,23). The van der Waals surface area contributed by atoms with Gasteiger partial charge in [-0.25, -0.2) is 9.59 Å². The number of hydrogen-bond acceptors (Lipinski definition) is 5. The Morgan fingerprint density at radius 2 is 1.84 bits per heavy atom. The number of rotatable bonds is 6. The summed E-state index contributed by atoms with van der Waals surface area (Å²) in [7, 11) is 0. The number of hydrogen-bond donors (Lipinski definition) is 2. The normalized spacial score (nSPS) is 10.2. The summed E-state index contributed by atoms with van der Waals surface area (Å²) in [5.41, 5.74) is 2.79. The highest BCUT2D eigenvalue weighted by molar-refractivity contribution is 7.12. The van der Waals surface area contributed by atoms with Gasteiger partial charge in [-0.15, -0.1) is 11.3 Å². The van der Waals surface area contributed by atoms with Crippen LogP contribution in [0.25, 0.3) is 11.1 Å². The lowest BCUT2D eigenvalue weighted by Gasteiger charge is -2.07. The topological polar surface area (TPSA) is 84.5 Å². The van der Waals surface area contributed by atoms with Crippen molar-refractivity contribution in [1.29, 1.82) is 0 Å². The first-order valence-electron chi connectivity index (χ1n) is 7.90. The van der Waals surface area contributed by atoms with Crippen molar-refractivity contribution >= 4 is 29.2 Å². The van der Waals surface area contributed by atoms with Gasteiger partial charge in [-0.1, -0.05) is 36.8 Å². The molecule has 1 aromatic carbocycles. The molecule has 25 heavy (non-hydrogen) atoms. The molecule has 0 bridgehead atoms. The zero-order chi connectivity index (χ0) is 18.2. The van der Waals surface area contributed by atoms with Gasteiger partial charge in [0.05, 0.1) is 0 Å². The number of nitrogens with one attached hydrogen (secondary N) is 2. The van der Waals surface area contributed by atoms with Gasteiger partial charge >= 0.3 is 12.0 Å². The zero-order valence-corrected chi connectivity index (χ0v) is 14.9. The van der Waals surface area contributed by atoms with E-state index in [9.17, 15) is 14.4 Å². The van der Waals surface area contributed by atoms with Crippen LogP contribution in [0.4, 0.5) is 4.79 Å². The Bertz CT molecular complexity index is 753. The summed E-state index contributed by atoms with van der Waals surface area (Å²) in [6.45, 7) is 3.84. The fourth-order valence-corrected chi connectivity index (χ4v) is 2.88. The largest absolute Gasteiger partial charge is 0.451 e. The fourth-order valence-electron chi connectivity index (χ4n) is 2.07. The lowest BCUT2D eigenvalue weighted by Crippen LogP contribution is -2.41. The molecule has 2 N–H and O–H groups in total. The Labute approximate surface area is 150 Å². The van der Waals surface area contributed by atoms with Crippen LogP contribution in [0.1, 0.15) is 28.6 Å². The second kappa shape index (κ2) is 8.98. The van der Waals surface area contributed by atoms with Crippen LogP contribution < -0.4 is 10.6 Å². The summed E-state index contributed by atoms with van der Waals surface area (Å²) in [4.78, 5) is 35.7. The third-order valence-corrected chi connectivity index (χ3v) is 4.23. The number of thiophene rings is 1. The Morgan fingerprint density at radius 3 is 2.52 bits per heavy atom. The number of urea groups is 1. The van der Waals surface area contributed by atoms with E-state index >= 15 is 0 Å². The van der Waals surface area contributed by atoms with Crippen molar-refractivity contribution in [2.45, 2.75) is 20.3 Å². The molecule has 3 amide bonds. The molecule has 7 heteroatoms. The van der Waals surface area contributed by atoms with Crippen LogP contribution in [0, 0.1) is 6.92 Å². The number of aryl methyl sites for hydroxylation is 1. The van der Waals surface area contributed by atoms with E-state index in [1.54, 1.807) is 5.38 Å². The Kier molecular flexibility index (Phi) is 6.71. The predicted octanol–water partition coefficient (Wildman–Crippen LogP) is 3.12. The molecule has 0 aliphatic rings. The maximum atomic E-state index is 12.2. The number of benzene rings is 1. The number of imide groups is 1. The fraction of sp³-hybridized carbons (Fsp3) is 0.278. The minimum Gasteiger partial charge on any atom is -0.451 e. The summed E-state index contributed by atoms with van der Waals surface area (Å²) >= 11 is 1.25. The van der Waals surface area contributed by atoms with E-state index in [4.69, 9.17) is 4.74 Å². The molecule has 132 valence electrons. The van der Waals surface area contributed by atoms with Crippen LogP contribution in [-0.4, -0.2) is 31.1 Å². The number of carbonyl (C=O) groups excluding carboxylic acids is 3. The predicted molar refractivity (Wildman–Crippen MR) is 96.6 cm³/mol. The third-order valence-electron chi connectivity index (χ3n) is 3.34. The molecule has 0 saturated carbocycles. The minimum absolute atomic E-state index is 0.423. The summed E-state index contributed by atoms with van der Waals surface area (Å²) < 4.78 is 5.02.